The molecule has 1 atom stereocenters. The molecular weight excluding hydrogens is 356 g/mol. The molecule has 0 unspecified atom stereocenters. The van der Waals surface area contributed by atoms with Gasteiger partial charge in [-0.1, -0.05) is 18.2 Å². The number of fused-ring (bicyclic) bond motifs is 1. The number of benzene rings is 2. The third kappa shape index (κ3) is 3.58. The smallest absolute Gasteiger partial charge is 0.257 e. The van der Waals surface area contributed by atoms with Gasteiger partial charge in [0.1, 0.15) is 17.6 Å². The van der Waals surface area contributed by atoms with Crippen LogP contribution in [-0.4, -0.2) is 49.2 Å². The summed E-state index contributed by atoms with van der Waals surface area (Å²) in [5.74, 6) is 1.67. The Bertz CT molecular complexity index is 1000. The van der Waals surface area contributed by atoms with Crippen LogP contribution in [0.4, 0.5) is 0 Å². The molecule has 3 aromatic rings. The number of amides is 1. The highest BCUT2D eigenvalue weighted by Gasteiger charge is 2.30. The standard InChI is InChI=1S/C22H22N2O4/c1-26-16-8-9-18(20(13-16)27-2)22(25)24-12-11-17(14-24)28-21-10-7-15-5-3-4-6-19(15)23-21/h3-10,13,17H,11-12,14H2,1-2H3/t17-/m1/s1. The fourth-order valence-electron chi connectivity index (χ4n) is 3.44. The van der Waals surface area contributed by atoms with Gasteiger partial charge < -0.3 is 19.1 Å². The van der Waals surface area contributed by atoms with Crippen LogP contribution in [0.1, 0.15) is 16.8 Å². The molecule has 0 spiro atoms. The van der Waals surface area contributed by atoms with Crippen LogP contribution >= 0.6 is 0 Å². The summed E-state index contributed by atoms with van der Waals surface area (Å²) in [5.41, 5.74) is 1.42. The Hall–Kier alpha value is -3.28. The number of nitrogens with zero attached hydrogens (tertiary/aromatic N) is 2. The second-order valence-electron chi connectivity index (χ2n) is 6.69. The number of aromatic nitrogens is 1. The molecule has 0 N–H and O–H groups in total. The fraction of sp³-hybridized carbons (Fsp3) is 0.273. The van der Waals surface area contributed by atoms with Crippen molar-refractivity contribution in [2.45, 2.75) is 12.5 Å². The summed E-state index contributed by atoms with van der Waals surface area (Å²) in [7, 11) is 3.13. The van der Waals surface area contributed by atoms with E-state index in [1.807, 2.05) is 36.4 Å². The summed E-state index contributed by atoms with van der Waals surface area (Å²) < 4.78 is 16.6. The third-order valence-electron chi connectivity index (χ3n) is 4.93. The van der Waals surface area contributed by atoms with Crippen molar-refractivity contribution in [3.05, 3.63) is 60.2 Å². The summed E-state index contributed by atoms with van der Waals surface area (Å²) in [6.07, 6.45) is 0.681. The predicted molar refractivity (Wildman–Crippen MR) is 106 cm³/mol. The van der Waals surface area contributed by atoms with Gasteiger partial charge in [-0.15, -0.1) is 0 Å². The normalized spacial score (nSPS) is 16.2. The molecule has 1 saturated heterocycles. The van der Waals surface area contributed by atoms with Crippen molar-refractivity contribution in [1.82, 2.24) is 9.88 Å². The molecule has 4 rings (SSSR count). The van der Waals surface area contributed by atoms with Crippen LogP contribution in [0.25, 0.3) is 10.9 Å². The van der Waals surface area contributed by atoms with Crippen molar-refractivity contribution in [2.24, 2.45) is 0 Å². The van der Waals surface area contributed by atoms with E-state index in [9.17, 15) is 4.79 Å². The van der Waals surface area contributed by atoms with E-state index in [-0.39, 0.29) is 12.0 Å². The maximum Gasteiger partial charge on any atom is 0.257 e. The zero-order chi connectivity index (χ0) is 19.5. The number of ether oxygens (including phenoxy) is 3. The average molecular weight is 378 g/mol. The Morgan fingerprint density at radius 3 is 2.75 bits per heavy atom. The number of hydrogen-bond acceptors (Lipinski definition) is 5. The summed E-state index contributed by atoms with van der Waals surface area (Å²) in [6, 6.07) is 17.0. The molecule has 1 aliphatic heterocycles. The van der Waals surface area contributed by atoms with Gasteiger partial charge in [-0.2, -0.15) is 0 Å². The van der Waals surface area contributed by atoms with E-state index >= 15 is 0 Å². The zero-order valence-electron chi connectivity index (χ0n) is 15.9. The highest BCUT2D eigenvalue weighted by atomic mass is 16.5. The number of likely N-dealkylation sites (tertiary alicyclic amines) is 1. The van der Waals surface area contributed by atoms with Gasteiger partial charge in [0.25, 0.3) is 5.91 Å². The summed E-state index contributed by atoms with van der Waals surface area (Å²) in [4.78, 5) is 19.3. The highest BCUT2D eigenvalue weighted by molar-refractivity contribution is 5.97. The molecule has 28 heavy (non-hydrogen) atoms. The van der Waals surface area contributed by atoms with Crippen molar-refractivity contribution in [1.29, 1.82) is 0 Å². The predicted octanol–water partition coefficient (Wildman–Crippen LogP) is 3.55. The Morgan fingerprint density at radius 2 is 1.93 bits per heavy atom. The van der Waals surface area contributed by atoms with Crippen molar-refractivity contribution < 1.29 is 19.0 Å². The maximum atomic E-state index is 12.9. The van der Waals surface area contributed by atoms with Gasteiger partial charge in [-0.3, -0.25) is 4.79 Å². The van der Waals surface area contributed by atoms with Gasteiger partial charge in [-0.05, 0) is 24.3 Å². The first-order valence-corrected chi connectivity index (χ1v) is 9.21. The minimum atomic E-state index is -0.0816. The molecule has 0 aliphatic carbocycles. The topological polar surface area (TPSA) is 60.9 Å². The van der Waals surface area contributed by atoms with E-state index in [1.54, 1.807) is 37.3 Å². The van der Waals surface area contributed by atoms with Crippen LogP contribution in [0.5, 0.6) is 17.4 Å². The van der Waals surface area contributed by atoms with Crippen LogP contribution < -0.4 is 14.2 Å². The van der Waals surface area contributed by atoms with Crippen LogP contribution in [0, 0.1) is 0 Å². The van der Waals surface area contributed by atoms with Crippen LogP contribution in [0.3, 0.4) is 0 Å². The van der Waals surface area contributed by atoms with E-state index < -0.39 is 0 Å². The average Bonchev–Trinajstić information content (AvgIpc) is 3.21. The molecule has 6 nitrogen and oxygen atoms in total. The van der Waals surface area contributed by atoms with Gasteiger partial charge in [-0.25, -0.2) is 4.98 Å². The molecular formula is C22H22N2O4. The largest absolute Gasteiger partial charge is 0.497 e. The lowest BCUT2D eigenvalue weighted by Crippen LogP contribution is -2.31. The molecule has 2 aromatic carbocycles. The number of carbonyl (C=O) groups is 1. The fourth-order valence-corrected chi connectivity index (χ4v) is 3.44. The van der Waals surface area contributed by atoms with Gasteiger partial charge >= 0.3 is 0 Å². The van der Waals surface area contributed by atoms with Gasteiger partial charge in [0.05, 0.1) is 31.8 Å². The van der Waals surface area contributed by atoms with E-state index in [4.69, 9.17) is 14.2 Å². The Kier molecular flexibility index (Phi) is 5.02. The quantitative estimate of drug-likeness (QED) is 0.680. The minimum absolute atomic E-state index is 0.0722. The van der Waals surface area contributed by atoms with E-state index in [0.29, 0.717) is 36.0 Å². The number of rotatable bonds is 5. The summed E-state index contributed by atoms with van der Waals surface area (Å²) in [6.45, 7) is 1.15. The molecule has 0 radical (unpaired) electrons. The monoisotopic (exact) mass is 378 g/mol. The molecule has 1 aromatic heterocycles. The third-order valence-corrected chi connectivity index (χ3v) is 4.93. The Morgan fingerprint density at radius 1 is 1.07 bits per heavy atom. The number of methoxy groups -OCH3 is 2. The molecule has 1 amide bonds. The van der Waals surface area contributed by atoms with Crippen molar-refractivity contribution in [2.75, 3.05) is 27.3 Å². The molecule has 144 valence electrons. The Balaban J connectivity index is 1.45. The highest BCUT2D eigenvalue weighted by Crippen LogP contribution is 2.27. The summed E-state index contributed by atoms with van der Waals surface area (Å²) in [5, 5.41) is 1.07. The van der Waals surface area contributed by atoms with Crippen LogP contribution in [-0.2, 0) is 0 Å². The SMILES string of the molecule is COc1ccc(C(=O)N2CC[C@@H](Oc3ccc4ccccc4n3)C2)c(OC)c1. The lowest BCUT2D eigenvalue weighted by Gasteiger charge is -2.19. The van der Waals surface area contributed by atoms with Crippen LogP contribution in [0.2, 0.25) is 0 Å². The second kappa shape index (κ2) is 7.76. The molecule has 1 fully saturated rings. The molecule has 6 heteroatoms. The first-order valence-electron chi connectivity index (χ1n) is 9.21. The second-order valence-corrected chi connectivity index (χ2v) is 6.69. The van der Waals surface area contributed by atoms with Crippen molar-refractivity contribution in [3.63, 3.8) is 0 Å². The van der Waals surface area contributed by atoms with Gasteiger partial charge in [0.2, 0.25) is 5.88 Å². The number of pyridine rings is 1. The number of carbonyl (C=O) groups excluding carboxylic acids is 1. The molecule has 1 aliphatic rings. The lowest BCUT2D eigenvalue weighted by atomic mass is 10.1. The lowest BCUT2D eigenvalue weighted by molar-refractivity contribution is 0.0768. The van der Waals surface area contributed by atoms with E-state index in [1.165, 1.54) is 0 Å². The molecule has 2 heterocycles. The number of para-hydroxylation sites is 1. The van der Waals surface area contributed by atoms with Gasteiger partial charge in [0.15, 0.2) is 0 Å². The van der Waals surface area contributed by atoms with Crippen LogP contribution in [0.15, 0.2) is 54.6 Å². The molecule has 0 bridgehead atoms. The maximum absolute atomic E-state index is 12.9. The van der Waals surface area contributed by atoms with E-state index in [0.717, 1.165) is 17.3 Å². The first kappa shape index (κ1) is 18.1. The zero-order valence-corrected chi connectivity index (χ0v) is 15.9. The van der Waals surface area contributed by atoms with Crippen molar-refractivity contribution >= 4 is 16.8 Å². The first-order chi connectivity index (χ1) is 13.7. The molecule has 0 saturated carbocycles. The Labute approximate surface area is 163 Å². The minimum Gasteiger partial charge on any atom is -0.497 e. The summed E-state index contributed by atoms with van der Waals surface area (Å²) >= 11 is 0. The van der Waals surface area contributed by atoms with Crippen molar-refractivity contribution in [3.8, 4) is 17.4 Å². The number of hydrogen-bond donors (Lipinski definition) is 0. The van der Waals surface area contributed by atoms with E-state index in [2.05, 4.69) is 4.98 Å². The van der Waals surface area contributed by atoms with Gasteiger partial charge in [0, 0.05) is 30.5 Å².